The molecule has 1 unspecified atom stereocenters. The van der Waals surface area contributed by atoms with Gasteiger partial charge in [0.05, 0.1) is 29.9 Å². The Hall–Kier alpha value is -3.18. The molecule has 0 radical (unpaired) electrons. The van der Waals surface area contributed by atoms with E-state index in [4.69, 9.17) is 35.8 Å². The zero-order chi connectivity index (χ0) is 27.9. The molecule has 10 nitrogen and oxygen atoms in total. The van der Waals surface area contributed by atoms with E-state index in [2.05, 4.69) is 45.4 Å². The van der Waals surface area contributed by atoms with Crippen molar-refractivity contribution < 1.29 is 14.2 Å². The Kier molecular flexibility index (Phi) is 7.32. The van der Waals surface area contributed by atoms with Crippen molar-refractivity contribution in [3.63, 3.8) is 0 Å². The summed E-state index contributed by atoms with van der Waals surface area (Å²) in [6.45, 7) is 8.32. The van der Waals surface area contributed by atoms with Gasteiger partial charge in [-0.25, -0.2) is 0 Å². The van der Waals surface area contributed by atoms with Crippen molar-refractivity contribution in [1.82, 2.24) is 30.4 Å². The highest BCUT2D eigenvalue weighted by molar-refractivity contribution is 6.35. The molecule has 7 rings (SSSR count). The van der Waals surface area contributed by atoms with Gasteiger partial charge in [-0.3, -0.25) is 5.10 Å². The summed E-state index contributed by atoms with van der Waals surface area (Å²) in [5.74, 6) is 1.46. The first-order valence-electron chi connectivity index (χ1n) is 14.6. The first-order chi connectivity index (χ1) is 20.1. The third kappa shape index (κ3) is 5.07. The molecular formula is C30H36ClN7O3. The molecule has 2 aromatic heterocycles. The molecule has 2 N–H and O–H groups in total. The van der Waals surface area contributed by atoms with Crippen LogP contribution < -0.4 is 19.7 Å². The lowest BCUT2D eigenvalue weighted by Crippen LogP contribution is -2.44. The van der Waals surface area contributed by atoms with Crippen molar-refractivity contribution in [2.24, 2.45) is 0 Å². The largest absolute Gasteiger partial charge is 0.485 e. The quantitative estimate of drug-likeness (QED) is 0.335. The molecule has 0 saturated carbocycles. The van der Waals surface area contributed by atoms with Gasteiger partial charge in [-0.2, -0.15) is 15.1 Å². The molecule has 3 fully saturated rings. The molecule has 5 heterocycles. The first kappa shape index (κ1) is 26.7. The maximum Gasteiger partial charge on any atom is 0.319 e. The SMILES string of the molecule is Cc1ccc2[nH]ncc2c1-c1c(Cl)cc2c(N3CCNCC3)nc(OC[C@@H]3CCCN3C)nc2c1OC1CCOC1. The predicted molar refractivity (Wildman–Crippen MR) is 160 cm³/mol. The summed E-state index contributed by atoms with van der Waals surface area (Å²) >= 11 is 7.22. The summed E-state index contributed by atoms with van der Waals surface area (Å²) in [4.78, 5) is 14.7. The number of aryl methyl sites for hydroxylation is 1. The highest BCUT2D eigenvalue weighted by Gasteiger charge is 2.29. The molecule has 2 atom stereocenters. The van der Waals surface area contributed by atoms with E-state index < -0.39 is 0 Å². The average Bonchev–Trinajstić information content (AvgIpc) is 3.76. The number of nitrogens with one attached hydrogen (secondary N) is 2. The minimum atomic E-state index is -0.103. The molecule has 0 bridgehead atoms. The van der Waals surface area contributed by atoms with Crippen LogP contribution in [0.1, 0.15) is 24.8 Å². The fraction of sp³-hybridized carbons (Fsp3) is 0.500. The molecule has 4 aromatic rings. The Morgan fingerprint density at radius 1 is 1.10 bits per heavy atom. The monoisotopic (exact) mass is 577 g/mol. The first-order valence-corrected chi connectivity index (χ1v) is 14.9. The number of ether oxygens (including phenoxy) is 3. The average molecular weight is 578 g/mol. The zero-order valence-corrected chi connectivity index (χ0v) is 24.3. The van der Waals surface area contributed by atoms with Crippen LogP contribution >= 0.6 is 11.6 Å². The number of aromatic amines is 1. The summed E-state index contributed by atoms with van der Waals surface area (Å²) in [7, 11) is 2.15. The van der Waals surface area contributed by atoms with E-state index in [9.17, 15) is 0 Å². The molecule has 3 saturated heterocycles. The maximum absolute atomic E-state index is 7.22. The van der Waals surface area contributed by atoms with Gasteiger partial charge >= 0.3 is 6.01 Å². The number of nitrogens with zero attached hydrogens (tertiary/aromatic N) is 5. The molecule has 11 heteroatoms. The number of hydrogen-bond acceptors (Lipinski definition) is 9. The topological polar surface area (TPSA) is 101 Å². The standard InChI is InChI=1S/C30H36ClN7O3/c1-18-5-6-24-22(15-33-36-24)25(18)26-23(31)14-21-27(28(26)41-20-7-13-39-17-20)34-30(40-16-19-4-3-10-37(19)2)35-29(21)38-11-8-32-9-12-38/h5-6,14-15,19-20,32H,3-4,7-13,16-17H2,1-2H3,(H,33,36)/t19-,20?/m0/s1. The van der Waals surface area contributed by atoms with E-state index in [1.807, 2.05) is 18.3 Å². The number of halogens is 1. The number of aromatic nitrogens is 4. The molecule has 0 amide bonds. The van der Waals surface area contributed by atoms with E-state index in [1.54, 1.807) is 0 Å². The van der Waals surface area contributed by atoms with Crippen molar-refractivity contribution >= 4 is 39.2 Å². The smallest absolute Gasteiger partial charge is 0.319 e. The minimum Gasteiger partial charge on any atom is -0.485 e. The number of anilines is 1. The molecular weight excluding hydrogens is 542 g/mol. The van der Waals surface area contributed by atoms with Crippen LogP contribution in [-0.2, 0) is 4.74 Å². The second-order valence-corrected chi connectivity index (χ2v) is 11.7. The van der Waals surface area contributed by atoms with Crippen molar-refractivity contribution in [3.05, 3.63) is 35.0 Å². The Balaban J connectivity index is 1.44. The van der Waals surface area contributed by atoms with Crippen LogP contribution in [0.25, 0.3) is 32.9 Å². The fourth-order valence-corrected chi connectivity index (χ4v) is 6.58. The number of hydrogen-bond donors (Lipinski definition) is 2. The third-order valence-electron chi connectivity index (χ3n) is 8.60. The lowest BCUT2D eigenvalue weighted by molar-refractivity contribution is 0.142. The van der Waals surface area contributed by atoms with Gasteiger partial charge in [-0.15, -0.1) is 0 Å². The molecule has 0 aliphatic carbocycles. The maximum atomic E-state index is 7.22. The van der Waals surface area contributed by atoms with Crippen LogP contribution in [-0.4, -0.2) is 96.8 Å². The van der Waals surface area contributed by atoms with Crippen LogP contribution in [0.2, 0.25) is 5.02 Å². The van der Waals surface area contributed by atoms with E-state index in [0.717, 1.165) is 84.4 Å². The second-order valence-electron chi connectivity index (χ2n) is 11.3. The van der Waals surface area contributed by atoms with Gasteiger partial charge < -0.3 is 29.3 Å². The Morgan fingerprint density at radius 3 is 2.76 bits per heavy atom. The summed E-state index contributed by atoms with van der Waals surface area (Å²) in [6.07, 6.45) is 4.83. The number of H-pyrrole nitrogens is 1. The van der Waals surface area contributed by atoms with Gasteiger partial charge in [0.2, 0.25) is 0 Å². The Bertz CT molecular complexity index is 1570. The van der Waals surface area contributed by atoms with Crippen LogP contribution in [0.3, 0.4) is 0 Å². The summed E-state index contributed by atoms with van der Waals surface area (Å²) in [5.41, 5.74) is 4.50. The van der Waals surface area contributed by atoms with Crippen LogP contribution in [0, 0.1) is 6.92 Å². The molecule has 3 aliphatic rings. The molecule has 2 aromatic carbocycles. The highest BCUT2D eigenvalue weighted by atomic mass is 35.5. The number of likely N-dealkylation sites (N-methyl/N-ethyl adjacent to an activating group) is 1. The van der Waals surface area contributed by atoms with Crippen molar-refractivity contribution in [2.45, 2.75) is 38.3 Å². The molecule has 0 spiro atoms. The van der Waals surface area contributed by atoms with Gasteiger partial charge in [-0.1, -0.05) is 17.7 Å². The molecule has 41 heavy (non-hydrogen) atoms. The number of piperazine rings is 1. The van der Waals surface area contributed by atoms with E-state index in [0.29, 0.717) is 48.2 Å². The number of likely N-dealkylation sites (tertiary alicyclic amines) is 1. The number of fused-ring (bicyclic) bond motifs is 2. The van der Waals surface area contributed by atoms with E-state index >= 15 is 0 Å². The van der Waals surface area contributed by atoms with E-state index in [-0.39, 0.29) is 6.10 Å². The van der Waals surface area contributed by atoms with Gasteiger partial charge in [-0.05, 0) is 51.1 Å². The van der Waals surface area contributed by atoms with Gasteiger partial charge in [0.25, 0.3) is 0 Å². The van der Waals surface area contributed by atoms with Crippen LogP contribution in [0.15, 0.2) is 24.4 Å². The van der Waals surface area contributed by atoms with Crippen molar-refractivity contribution in [1.29, 1.82) is 0 Å². The normalized spacial score (nSPS) is 21.8. The number of benzene rings is 2. The predicted octanol–water partition coefficient (Wildman–Crippen LogP) is 4.19. The Morgan fingerprint density at radius 2 is 1.98 bits per heavy atom. The third-order valence-corrected chi connectivity index (χ3v) is 8.90. The second kappa shape index (κ2) is 11.2. The zero-order valence-electron chi connectivity index (χ0n) is 23.6. The molecule has 216 valence electrons. The van der Waals surface area contributed by atoms with Gasteiger partial charge in [0, 0.05) is 60.5 Å². The van der Waals surface area contributed by atoms with Crippen molar-refractivity contribution in [2.75, 3.05) is 64.5 Å². The lowest BCUT2D eigenvalue weighted by Gasteiger charge is -2.30. The molecule has 3 aliphatic heterocycles. The number of rotatable bonds is 7. The van der Waals surface area contributed by atoms with Crippen LogP contribution in [0.5, 0.6) is 11.8 Å². The summed E-state index contributed by atoms with van der Waals surface area (Å²) < 4.78 is 18.8. The summed E-state index contributed by atoms with van der Waals surface area (Å²) in [5, 5.41) is 13.3. The lowest BCUT2D eigenvalue weighted by atomic mass is 9.94. The fourth-order valence-electron chi connectivity index (χ4n) is 6.29. The van der Waals surface area contributed by atoms with E-state index in [1.165, 1.54) is 6.42 Å². The van der Waals surface area contributed by atoms with Crippen LogP contribution in [0.4, 0.5) is 5.82 Å². The van der Waals surface area contributed by atoms with Crippen molar-refractivity contribution in [3.8, 4) is 22.9 Å². The van der Waals surface area contributed by atoms with Gasteiger partial charge in [0.15, 0.2) is 5.75 Å². The van der Waals surface area contributed by atoms with Gasteiger partial charge in [0.1, 0.15) is 24.0 Å². The minimum absolute atomic E-state index is 0.103. The Labute approximate surface area is 244 Å². The highest BCUT2D eigenvalue weighted by Crippen LogP contribution is 2.48. The summed E-state index contributed by atoms with van der Waals surface area (Å²) in [6, 6.07) is 6.83.